The quantitative estimate of drug-likeness (QED) is 0.549. The zero-order valence-electron chi connectivity index (χ0n) is 14.4. The Labute approximate surface area is 157 Å². The van der Waals surface area contributed by atoms with Gasteiger partial charge in [-0.3, -0.25) is 0 Å². The van der Waals surface area contributed by atoms with Crippen LogP contribution in [-0.2, 0) is 0 Å². The first kappa shape index (κ1) is 19.4. The molecule has 0 aliphatic heterocycles. The van der Waals surface area contributed by atoms with E-state index in [4.69, 9.17) is 21.1 Å². The molecule has 0 saturated carbocycles. The van der Waals surface area contributed by atoms with E-state index in [0.717, 1.165) is 0 Å². The highest BCUT2D eigenvalue weighted by molar-refractivity contribution is 6.32. The van der Waals surface area contributed by atoms with Crippen LogP contribution in [0.4, 0.5) is 0 Å². The Morgan fingerprint density at radius 3 is 2.31 bits per heavy atom. The molecule has 0 bridgehead atoms. The van der Waals surface area contributed by atoms with E-state index >= 15 is 0 Å². The molecule has 0 amide bonds. The highest BCUT2D eigenvalue weighted by atomic mass is 35.5. The highest BCUT2D eigenvalue weighted by Crippen LogP contribution is 2.37. The second kappa shape index (κ2) is 8.93. The largest absolute Gasteiger partial charge is 0.545 e. The van der Waals surface area contributed by atoms with Crippen LogP contribution in [0.15, 0.2) is 36.4 Å². The number of allylic oxidation sites excluding steroid dienone is 1. The van der Waals surface area contributed by atoms with Gasteiger partial charge in [0.15, 0.2) is 11.5 Å². The normalized spacial score (nSPS) is 10.9. The number of aromatic carboxylic acids is 1. The van der Waals surface area contributed by atoms with E-state index in [0.29, 0.717) is 46.4 Å². The van der Waals surface area contributed by atoms with E-state index in [2.05, 4.69) is 6.07 Å². The number of nitriles is 1. The summed E-state index contributed by atoms with van der Waals surface area (Å²) in [7, 11) is 0. The Balaban J connectivity index is 2.45. The number of halogens is 1. The average molecular weight is 371 g/mol. The lowest BCUT2D eigenvalue weighted by Crippen LogP contribution is -2.21. The summed E-state index contributed by atoms with van der Waals surface area (Å²) in [5.74, 6) is -0.304. The third-order valence-corrected chi connectivity index (χ3v) is 3.76. The molecule has 134 valence electrons. The lowest BCUT2D eigenvalue weighted by atomic mass is 10.0. The molecule has 2 rings (SSSR count). The number of hydrogen-bond acceptors (Lipinski definition) is 5. The Bertz CT molecular complexity index is 867. The first-order valence-corrected chi connectivity index (χ1v) is 8.40. The van der Waals surface area contributed by atoms with Crippen molar-refractivity contribution in [3.05, 3.63) is 58.1 Å². The van der Waals surface area contributed by atoms with E-state index in [1.807, 2.05) is 13.8 Å². The lowest BCUT2D eigenvalue weighted by molar-refractivity contribution is -0.255. The van der Waals surface area contributed by atoms with Crippen molar-refractivity contribution in [1.82, 2.24) is 0 Å². The van der Waals surface area contributed by atoms with Gasteiger partial charge in [0.2, 0.25) is 0 Å². The molecule has 0 spiro atoms. The van der Waals surface area contributed by atoms with Gasteiger partial charge in [-0.05, 0) is 48.7 Å². The molecule has 0 N–H and O–H groups in total. The van der Waals surface area contributed by atoms with E-state index < -0.39 is 5.97 Å². The molecule has 0 atom stereocenters. The van der Waals surface area contributed by atoms with Gasteiger partial charge in [0.25, 0.3) is 0 Å². The molecule has 26 heavy (non-hydrogen) atoms. The zero-order chi connectivity index (χ0) is 19.1. The lowest BCUT2D eigenvalue weighted by Gasteiger charge is -2.13. The van der Waals surface area contributed by atoms with Gasteiger partial charge in [-0.1, -0.05) is 35.9 Å². The van der Waals surface area contributed by atoms with Gasteiger partial charge in [-0.25, -0.2) is 0 Å². The van der Waals surface area contributed by atoms with Crippen molar-refractivity contribution < 1.29 is 19.4 Å². The summed E-state index contributed by atoms with van der Waals surface area (Å²) < 4.78 is 11.1. The summed E-state index contributed by atoms with van der Waals surface area (Å²) in [4.78, 5) is 10.8. The minimum absolute atomic E-state index is 0.0498. The number of benzene rings is 2. The number of hydrogen-bond donors (Lipinski definition) is 0. The Morgan fingerprint density at radius 2 is 1.77 bits per heavy atom. The Hall–Kier alpha value is -2.97. The number of rotatable bonds is 7. The highest BCUT2D eigenvalue weighted by Gasteiger charge is 2.12. The van der Waals surface area contributed by atoms with Crippen molar-refractivity contribution in [1.29, 1.82) is 5.26 Å². The maximum Gasteiger partial charge on any atom is 0.179 e. The van der Waals surface area contributed by atoms with E-state index in [1.165, 1.54) is 12.1 Å². The molecule has 0 aliphatic rings. The summed E-state index contributed by atoms with van der Waals surface area (Å²) >= 11 is 6.29. The van der Waals surface area contributed by atoms with Gasteiger partial charge in [0.05, 0.1) is 35.8 Å². The molecule has 0 unspecified atom stereocenters. The Kier molecular flexibility index (Phi) is 6.65. The van der Waals surface area contributed by atoms with Crippen molar-refractivity contribution in [2.24, 2.45) is 0 Å². The maximum absolute atomic E-state index is 10.8. The average Bonchev–Trinajstić information content (AvgIpc) is 2.63. The molecule has 2 aromatic carbocycles. The standard InChI is InChI=1S/C20H18ClNO4/c1-3-25-18-11-13(10-17(21)19(18)26-4-2)9-16(12-22)14-5-7-15(8-6-14)20(23)24/h5-11H,3-4H2,1-2H3,(H,23,24)/p-1/b16-9-. The molecular weight excluding hydrogens is 354 g/mol. The van der Waals surface area contributed by atoms with Crippen LogP contribution in [-0.4, -0.2) is 19.2 Å². The summed E-state index contributed by atoms with van der Waals surface area (Å²) in [5, 5.41) is 20.7. The molecule has 0 radical (unpaired) electrons. The van der Waals surface area contributed by atoms with Crippen molar-refractivity contribution in [2.45, 2.75) is 13.8 Å². The molecule has 6 heteroatoms. The van der Waals surface area contributed by atoms with Gasteiger partial charge in [-0.2, -0.15) is 5.26 Å². The van der Waals surface area contributed by atoms with Crippen LogP contribution in [0.2, 0.25) is 5.02 Å². The first-order chi connectivity index (χ1) is 12.5. The van der Waals surface area contributed by atoms with Crippen LogP contribution < -0.4 is 14.6 Å². The molecule has 0 aromatic heterocycles. The molecule has 0 fully saturated rings. The SMILES string of the molecule is CCOc1cc(/C=C(/C#N)c2ccc(C(=O)[O-])cc2)cc(Cl)c1OCC. The maximum atomic E-state index is 10.8. The predicted octanol–water partition coefficient (Wildman–Crippen LogP) is 3.57. The van der Waals surface area contributed by atoms with Crippen molar-refractivity contribution in [2.75, 3.05) is 13.2 Å². The number of carbonyl (C=O) groups excluding carboxylic acids is 1. The third kappa shape index (κ3) is 4.56. The number of carboxylic acids is 1. The van der Waals surface area contributed by atoms with Gasteiger partial charge < -0.3 is 19.4 Å². The summed E-state index contributed by atoms with van der Waals surface area (Å²) in [5.41, 5.74) is 1.66. The van der Waals surface area contributed by atoms with E-state index in [1.54, 1.807) is 30.3 Å². The topological polar surface area (TPSA) is 82.4 Å². The van der Waals surface area contributed by atoms with Crippen LogP contribution >= 0.6 is 11.6 Å². The van der Waals surface area contributed by atoms with Crippen LogP contribution in [0.3, 0.4) is 0 Å². The van der Waals surface area contributed by atoms with Gasteiger partial charge in [-0.15, -0.1) is 0 Å². The molecule has 0 heterocycles. The summed E-state index contributed by atoms with van der Waals surface area (Å²) in [6, 6.07) is 11.4. The minimum Gasteiger partial charge on any atom is -0.545 e. The monoisotopic (exact) mass is 370 g/mol. The van der Waals surface area contributed by atoms with Gasteiger partial charge >= 0.3 is 0 Å². The Morgan fingerprint density at radius 1 is 1.15 bits per heavy atom. The summed E-state index contributed by atoms with van der Waals surface area (Å²) in [6.07, 6.45) is 1.65. The van der Waals surface area contributed by atoms with Crippen LogP contribution in [0.1, 0.15) is 35.3 Å². The minimum atomic E-state index is -1.27. The fourth-order valence-corrected chi connectivity index (χ4v) is 2.62. The van der Waals surface area contributed by atoms with E-state index in [9.17, 15) is 15.2 Å². The zero-order valence-corrected chi connectivity index (χ0v) is 15.2. The first-order valence-electron chi connectivity index (χ1n) is 8.02. The number of ether oxygens (including phenoxy) is 2. The van der Waals surface area contributed by atoms with Crippen LogP contribution in [0, 0.1) is 11.3 Å². The smallest absolute Gasteiger partial charge is 0.179 e. The summed E-state index contributed by atoms with van der Waals surface area (Å²) in [6.45, 7) is 4.60. The van der Waals surface area contributed by atoms with E-state index in [-0.39, 0.29) is 5.56 Å². The third-order valence-electron chi connectivity index (χ3n) is 3.48. The van der Waals surface area contributed by atoms with Gasteiger partial charge in [0.1, 0.15) is 0 Å². The molecule has 0 saturated heterocycles. The molecule has 2 aromatic rings. The number of carboxylic acid groups (broad SMARTS) is 1. The fourth-order valence-electron chi connectivity index (χ4n) is 2.35. The van der Waals surface area contributed by atoms with Crippen molar-refractivity contribution in [3.63, 3.8) is 0 Å². The predicted molar refractivity (Wildman–Crippen MR) is 98.0 cm³/mol. The fraction of sp³-hybridized carbons (Fsp3) is 0.200. The van der Waals surface area contributed by atoms with Crippen LogP contribution in [0.5, 0.6) is 11.5 Å². The molecular formula is C20H17ClNO4-. The van der Waals surface area contributed by atoms with Crippen molar-refractivity contribution >= 4 is 29.2 Å². The molecule has 5 nitrogen and oxygen atoms in total. The number of carbonyl (C=O) groups is 1. The molecule has 0 aliphatic carbocycles. The van der Waals surface area contributed by atoms with Crippen molar-refractivity contribution in [3.8, 4) is 17.6 Å². The second-order valence-corrected chi connectivity index (χ2v) is 5.64. The number of nitrogens with zero attached hydrogens (tertiary/aromatic N) is 1. The van der Waals surface area contributed by atoms with Gasteiger partial charge in [0, 0.05) is 0 Å². The second-order valence-electron chi connectivity index (χ2n) is 5.23. The van der Waals surface area contributed by atoms with Crippen LogP contribution in [0.25, 0.3) is 11.6 Å².